The van der Waals surface area contributed by atoms with E-state index in [1.54, 1.807) is 18.8 Å². The third-order valence-electron chi connectivity index (χ3n) is 3.11. The number of aromatic hydroxyl groups is 1. The first-order chi connectivity index (χ1) is 8.99. The Labute approximate surface area is 116 Å². The van der Waals surface area contributed by atoms with Crippen molar-refractivity contribution in [2.75, 3.05) is 6.26 Å². The predicted octanol–water partition coefficient (Wildman–Crippen LogP) is 2.94. The van der Waals surface area contributed by atoms with E-state index >= 15 is 0 Å². The van der Waals surface area contributed by atoms with Gasteiger partial charge in [0.05, 0.1) is 0 Å². The van der Waals surface area contributed by atoms with Gasteiger partial charge >= 0.3 is 0 Å². The molecule has 0 aliphatic rings. The monoisotopic (exact) mass is 276 g/mol. The van der Waals surface area contributed by atoms with E-state index in [2.05, 4.69) is 5.10 Å². The van der Waals surface area contributed by atoms with E-state index in [4.69, 9.17) is 0 Å². The summed E-state index contributed by atoms with van der Waals surface area (Å²) in [5, 5.41) is 14.0. The molecular weight excluding hydrogens is 260 g/mol. The van der Waals surface area contributed by atoms with Crippen LogP contribution in [-0.2, 0) is 7.05 Å². The van der Waals surface area contributed by atoms with Crippen LogP contribution in [-0.4, -0.2) is 27.4 Å². The topological polar surface area (TPSA) is 55.1 Å². The van der Waals surface area contributed by atoms with E-state index in [9.17, 15) is 9.90 Å². The molecule has 2 rings (SSSR count). The second kappa shape index (κ2) is 5.09. The first-order valence-electron chi connectivity index (χ1n) is 5.86. The number of thioether (sulfide) groups is 1. The van der Waals surface area contributed by atoms with E-state index in [0.29, 0.717) is 12.0 Å². The third kappa shape index (κ3) is 2.26. The highest BCUT2D eigenvalue weighted by molar-refractivity contribution is 7.98. The van der Waals surface area contributed by atoms with Crippen molar-refractivity contribution >= 4 is 18.0 Å². The fourth-order valence-corrected chi connectivity index (χ4v) is 3.02. The predicted molar refractivity (Wildman–Crippen MR) is 77.0 cm³/mol. The molecule has 0 amide bonds. The van der Waals surface area contributed by atoms with Crippen molar-refractivity contribution in [2.45, 2.75) is 18.7 Å². The van der Waals surface area contributed by atoms with Crippen LogP contribution in [0.1, 0.15) is 21.5 Å². The summed E-state index contributed by atoms with van der Waals surface area (Å²) in [6, 6.07) is 3.99. The molecule has 5 heteroatoms. The lowest BCUT2D eigenvalue weighted by Gasteiger charge is -2.09. The Kier molecular flexibility index (Phi) is 3.66. The van der Waals surface area contributed by atoms with Crippen LogP contribution in [0.5, 0.6) is 5.88 Å². The van der Waals surface area contributed by atoms with Crippen LogP contribution in [0.2, 0.25) is 0 Å². The molecule has 2 aromatic rings. The number of hydrogen-bond donors (Lipinski definition) is 1. The molecule has 0 saturated heterocycles. The zero-order chi connectivity index (χ0) is 14.2. The number of benzene rings is 1. The maximum absolute atomic E-state index is 11.1. The van der Waals surface area contributed by atoms with Crippen molar-refractivity contribution in [3.05, 3.63) is 28.8 Å². The Morgan fingerprint density at radius 3 is 2.37 bits per heavy atom. The van der Waals surface area contributed by atoms with Crippen LogP contribution in [0.15, 0.2) is 17.0 Å². The number of aldehydes is 1. The summed E-state index contributed by atoms with van der Waals surface area (Å²) in [6.07, 6.45) is 2.68. The number of aromatic nitrogens is 2. The molecule has 1 N–H and O–H groups in total. The summed E-state index contributed by atoms with van der Waals surface area (Å²) in [4.78, 5) is 12.3. The first-order valence-corrected chi connectivity index (χ1v) is 7.08. The van der Waals surface area contributed by atoms with Crippen molar-refractivity contribution < 1.29 is 9.90 Å². The Morgan fingerprint density at radius 1 is 1.32 bits per heavy atom. The molecule has 1 aromatic heterocycles. The molecule has 0 atom stereocenters. The molecule has 0 aliphatic carbocycles. The molecule has 19 heavy (non-hydrogen) atoms. The lowest BCUT2D eigenvalue weighted by atomic mass is 10.0. The molecule has 0 radical (unpaired) electrons. The second-order valence-corrected chi connectivity index (χ2v) is 5.29. The van der Waals surface area contributed by atoms with Gasteiger partial charge in [0.25, 0.3) is 0 Å². The molecule has 100 valence electrons. The molecule has 0 spiro atoms. The lowest BCUT2D eigenvalue weighted by molar-refractivity contribution is 0.112. The maximum Gasteiger partial charge on any atom is 0.220 e. The number of aryl methyl sites for hydroxylation is 3. The molecule has 1 aromatic carbocycles. The van der Waals surface area contributed by atoms with E-state index < -0.39 is 0 Å². The number of hydrogen-bond acceptors (Lipinski definition) is 4. The highest BCUT2D eigenvalue weighted by atomic mass is 32.2. The van der Waals surface area contributed by atoms with Crippen molar-refractivity contribution in [1.29, 1.82) is 0 Å². The summed E-state index contributed by atoms with van der Waals surface area (Å²) in [7, 11) is 1.61. The fraction of sp³-hybridized carbons (Fsp3) is 0.286. The van der Waals surface area contributed by atoms with E-state index in [1.807, 2.05) is 32.2 Å². The van der Waals surface area contributed by atoms with Crippen LogP contribution in [0.4, 0.5) is 0 Å². The molecule has 1 heterocycles. The Bertz CT molecular complexity index is 624. The van der Waals surface area contributed by atoms with Crippen LogP contribution in [0.3, 0.4) is 0 Å². The summed E-state index contributed by atoms with van der Waals surface area (Å²) < 4.78 is 1.31. The highest BCUT2D eigenvalue weighted by Gasteiger charge is 2.17. The minimum absolute atomic E-state index is 0.103. The van der Waals surface area contributed by atoms with Crippen LogP contribution in [0, 0.1) is 13.8 Å². The van der Waals surface area contributed by atoms with Gasteiger partial charge in [0.2, 0.25) is 5.88 Å². The molecule has 0 aliphatic heterocycles. The van der Waals surface area contributed by atoms with Crippen LogP contribution in [0.25, 0.3) is 11.3 Å². The largest absolute Gasteiger partial charge is 0.493 e. The zero-order valence-electron chi connectivity index (χ0n) is 11.4. The van der Waals surface area contributed by atoms with Crippen LogP contribution < -0.4 is 0 Å². The highest BCUT2D eigenvalue weighted by Crippen LogP contribution is 2.33. The fourth-order valence-electron chi connectivity index (χ4n) is 2.26. The van der Waals surface area contributed by atoms with Gasteiger partial charge in [-0.05, 0) is 43.4 Å². The molecule has 0 unspecified atom stereocenters. The number of rotatable bonds is 3. The van der Waals surface area contributed by atoms with Gasteiger partial charge in [0, 0.05) is 17.5 Å². The van der Waals surface area contributed by atoms with Gasteiger partial charge in [-0.1, -0.05) is 0 Å². The molecule has 0 fully saturated rings. The van der Waals surface area contributed by atoms with E-state index in [0.717, 1.165) is 16.7 Å². The Morgan fingerprint density at radius 2 is 1.89 bits per heavy atom. The average molecular weight is 276 g/mol. The quantitative estimate of drug-likeness (QED) is 0.691. The number of carbonyl (C=O) groups excluding carboxylic acids is 1. The standard InChI is InChI=1S/C14H16N2O2S/c1-8-5-10(6-9(2)13(8)19-4)12-11(7-17)14(18)16(3)15-12/h5-7,18H,1-4H3. The van der Waals surface area contributed by atoms with Gasteiger partial charge in [-0.25, -0.2) is 4.68 Å². The molecule has 0 bridgehead atoms. The molecule has 0 saturated carbocycles. The smallest absolute Gasteiger partial charge is 0.220 e. The first kappa shape index (κ1) is 13.7. The van der Waals surface area contributed by atoms with Gasteiger partial charge in [-0.2, -0.15) is 5.10 Å². The van der Waals surface area contributed by atoms with Gasteiger partial charge in [0.15, 0.2) is 6.29 Å². The minimum Gasteiger partial charge on any atom is -0.493 e. The van der Waals surface area contributed by atoms with Crippen molar-refractivity contribution in [3.63, 3.8) is 0 Å². The van der Waals surface area contributed by atoms with Crippen molar-refractivity contribution in [2.24, 2.45) is 7.05 Å². The van der Waals surface area contributed by atoms with E-state index in [-0.39, 0.29) is 11.4 Å². The average Bonchev–Trinajstić information content (AvgIpc) is 2.65. The maximum atomic E-state index is 11.1. The summed E-state index contributed by atoms with van der Waals surface area (Å²) in [5.74, 6) is -0.103. The molecule has 4 nitrogen and oxygen atoms in total. The molecular formula is C14H16N2O2S. The number of nitrogens with zero attached hydrogens (tertiary/aromatic N) is 2. The SMILES string of the molecule is CSc1c(C)cc(-c2nn(C)c(O)c2C=O)cc1C. The normalized spacial score (nSPS) is 10.7. The van der Waals surface area contributed by atoms with Crippen molar-refractivity contribution in [3.8, 4) is 17.1 Å². The summed E-state index contributed by atoms with van der Waals surface area (Å²) in [5.41, 5.74) is 3.90. The second-order valence-electron chi connectivity index (χ2n) is 4.47. The Hall–Kier alpha value is -1.75. The van der Waals surface area contributed by atoms with Crippen LogP contribution >= 0.6 is 11.8 Å². The van der Waals surface area contributed by atoms with E-state index in [1.165, 1.54) is 9.58 Å². The van der Waals surface area contributed by atoms with Gasteiger partial charge in [-0.15, -0.1) is 11.8 Å². The minimum atomic E-state index is -0.103. The van der Waals surface area contributed by atoms with Gasteiger partial charge in [-0.3, -0.25) is 4.79 Å². The number of carbonyl (C=O) groups is 1. The van der Waals surface area contributed by atoms with Crippen molar-refractivity contribution in [1.82, 2.24) is 9.78 Å². The summed E-state index contributed by atoms with van der Waals surface area (Å²) >= 11 is 1.70. The Balaban J connectivity index is 2.66. The third-order valence-corrected chi connectivity index (χ3v) is 4.16. The van der Waals surface area contributed by atoms with Gasteiger partial charge in [0.1, 0.15) is 11.3 Å². The van der Waals surface area contributed by atoms with Gasteiger partial charge < -0.3 is 5.11 Å². The lowest BCUT2D eigenvalue weighted by Crippen LogP contribution is -1.92. The zero-order valence-corrected chi connectivity index (χ0v) is 12.2. The summed E-state index contributed by atoms with van der Waals surface area (Å²) in [6.45, 7) is 4.07.